The molecule has 0 N–H and O–H groups in total. The van der Waals surface area contributed by atoms with E-state index in [4.69, 9.17) is 4.52 Å². The van der Waals surface area contributed by atoms with Crippen molar-refractivity contribution in [2.24, 2.45) is 0 Å². The predicted octanol–water partition coefficient (Wildman–Crippen LogP) is 3.67. The smallest absolute Gasteiger partial charge is 0.253 e. The lowest BCUT2D eigenvalue weighted by molar-refractivity contribution is 0.0789. The second-order valence-corrected chi connectivity index (χ2v) is 7.07. The molecule has 1 aromatic heterocycles. The summed E-state index contributed by atoms with van der Waals surface area (Å²) in [4.78, 5) is 19.1. The number of rotatable bonds is 3. The lowest BCUT2D eigenvalue weighted by Gasteiger charge is -2.15. The summed E-state index contributed by atoms with van der Waals surface area (Å²) in [5.41, 5.74) is 1.91. The molecule has 1 aliphatic carbocycles. The molecule has 1 aliphatic heterocycles. The molecule has 4 rings (SSSR count). The maximum atomic E-state index is 12.6. The van der Waals surface area contributed by atoms with E-state index < -0.39 is 0 Å². The molecule has 0 radical (unpaired) electrons. The third kappa shape index (κ3) is 2.95. The van der Waals surface area contributed by atoms with Gasteiger partial charge in [-0.15, -0.1) is 0 Å². The topological polar surface area (TPSA) is 59.2 Å². The van der Waals surface area contributed by atoms with E-state index in [0.29, 0.717) is 18.4 Å². The Labute approximate surface area is 142 Å². The number of amides is 1. The first-order valence-electron chi connectivity index (χ1n) is 8.90. The van der Waals surface area contributed by atoms with Crippen LogP contribution in [0.4, 0.5) is 0 Å². The quantitative estimate of drug-likeness (QED) is 0.864. The highest BCUT2D eigenvalue weighted by molar-refractivity contribution is 5.94. The van der Waals surface area contributed by atoms with Crippen molar-refractivity contribution in [3.05, 3.63) is 47.1 Å². The Morgan fingerprint density at radius 1 is 1.12 bits per heavy atom. The molecule has 1 saturated heterocycles. The van der Waals surface area contributed by atoms with Crippen LogP contribution in [0.3, 0.4) is 0 Å². The molecule has 2 heterocycles. The second kappa shape index (κ2) is 6.38. The lowest BCUT2D eigenvalue weighted by Crippen LogP contribution is -2.28. The molecule has 2 fully saturated rings. The van der Waals surface area contributed by atoms with Crippen LogP contribution in [-0.4, -0.2) is 34.0 Å². The van der Waals surface area contributed by atoms with Crippen LogP contribution >= 0.6 is 0 Å². The highest BCUT2D eigenvalue weighted by atomic mass is 16.5. The number of nitrogens with zero attached hydrogens (tertiary/aromatic N) is 3. The Kier molecular flexibility index (Phi) is 4.08. The van der Waals surface area contributed by atoms with Crippen LogP contribution in [0.2, 0.25) is 0 Å². The van der Waals surface area contributed by atoms with Gasteiger partial charge in [-0.25, -0.2) is 0 Å². The SMILES string of the molecule is Cc1ccc(C(=O)N2CC[C@@H](c3nc(C4CCCC4)no3)C2)cc1. The molecule has 2 aromatic rings. The van der Waals surface area contributed by atoms with Crippen LogP contribution in [0.25, 0.3) is 0 Å². The summed E-state index contributed by atoms with van der Waals surface area (Å²) in [5, 5.41) is 4.19. The first-order valence-corrected chi connectivity index (χ1v) is 8.90. The van der Waals surface area contributed by atoms with Crippen molar-refractivity contribution in [2.75, 3.05) is 13.1 Å². The van der Waals surface area contributed by atoms with Gasteiger partial charge in [-0.05, 0) is 38.3 Å². The Hall–Kier alpha value is -2.17. The minimum Gasteiger partial charge on any atom is -0.339 e. The van der Waals surface area contributed by atoms with E-state index in [-0.39, 0.29) is 11.8 Å². The fourth-order valence-corrected chi connectivity index (χ4v) is 3.79. The summed E-state index contributed by atoms with van der Waals surface area (Å²) >= 11 is 0. The first kappa shape index (κ1) is 15.4. The summed E-state index contributed by atoms with van der Waals surface area (Å²) in [6.45, 7) is 3.44. The van der Waals surface area contributed by atoms with E-state index in [2.05, 4.69) is 10.1 Å². The second-order valence-electron chi connectivity index (χ2n) is 7.07. The van der Waals surface area contributed by atoms with Gasteiger partial charge >= 0.3 is 0 Å². The van der Waals surface area contributed by atoms with Gasteiger partial charge in [-0.2, -0.15) is 4.98 Å². The normalized spacial score (nSPS) is 21.5. The van der Waals surface area contributed by atoms with E-state index in [1.807, 2.05) is 36.1 Å². The standard InChI is InChI=1S/C19H23N3O2/c1-13-6-8-15(9-7-13)19(23)22-11-10-16(12-22)18-20-17(21-24-18)14-4-2-3-5-14/h6-9,14,16H,2-5,10-12H2,1H3/t16-/m1/s1. The first-order chi connectivity index (χ1) is 11.7. The van der Waals surface area contributed by atoms with Crippen LogP contribution in [0, 0.1) is 6.92 Å². The number of aryl methyl sites for hydroxylation is 1. The van der Waals surface area contributed by atoms with Gasteiger partial charge in [0.15, 0.2) is 5.82 Å². The van der Waals surface area contributed by atoms with Gasteiger partial charge in [-0.3, -0.25) is 4.79 Å². The van der Waals surface area contributed by atoms with Gasteiger partial charge in [0.1, 0.15) is 0 Å². The average Bonchev–Trinajstić information content (AvgIpc) is 3.33. The Balaban J connectivity index is 1.42. The number of carbonyl (C=O) groups excluding carboxylic acids is 1. The molecular formula is C19H23N3O2. The van der Waals surface area contributed by atoms with Crippen LogP contribution in [0.5, 0.6) is 0 Å². The summed E-state index contributed by atoms with van der Waals surface area (Å²) in [7, 11) is 0. The van der Waals surface area contributed by atoms with E-state index in [1.165, 1.54) is 25.7 Å². The highest BCUT2D eigenvalue weighted by Gasteiger charge is 2.32. The maximum absolute atomic E-state index is 12.6. The molecule has 126 valence electrons. The monoisotopic (exact) mass is 325 g/mol. The van der Waals surface area contributed by atoms with E-state index >= 15 is 0 Å². The number of carbonyl (C=O) groups is 1. The Morgan fingerprint density at radius 3 is 2.62 bits per heavy atom. The Morgan fingerprint density at radius 2 is 1.88 bits per heavy atom. The van der Waals surface area contributed by atoms with Gasteiger partial charge in [0.25, 0.3) is 5.91 Å². The zero-order valence-corrected chi connectivity index (χ0v) is 14.1. The fourth-order valence-electron chi connectivity index (χ4n) is 3.79. The lowest BCUT2D eigenvalue weighted by atomic mass is 10.1. The third-order valence-corrected chi connectivity index (χ3v) is 5.30. The average molecular weight is 325 g/mol. The van der Waals surface area contributed by atoms with Crippen LogP contribution in [-0.2, 0) is 0 Å². The molecule has 1 aromatic carbocycles. The van der Waals surface area contributed by atoms with Crippen molar-refractivity contribution >= 4 is 5.91 Å². The van der Waals surface area contributed by atoms with Crippen molar-refractivity contribution in [1.82, 2.24) is 15.0 Å². The van der Waals surface area contributed by atoms with Crippen molar-refractivity contribution in [3.63, 3.8) is 0 Å². The minimum absolute atomic E-state index is 0.0908. The Bertz CT molecular complexity index is 716. The predicted molar refractivity (Wildman–Crippen MR) is 89.9 cm³/mol. The summed E-state index contributed by atoms with van der Waals surface area (Å²) < 4.78 is 5.51. The van der Waals surface area contributed by atoms with Crippen molar-refractivity contribution < 1.29 is 9.32 Å². The molecular weight excluding hydrogens is 302 g/mol. The van der Waals surface area contributed by atoms with Gasteiger partial charge in [0, 0.05) is 24.6 Å². The van der Waals surface area contributed by atoms with E-state index in [9.17, 15) is 4.79 Å². The number of hydrogen-bond donors (Lipinski definition) is 0. The van der Waals surface area contributed by atoms with Crippen LogP contribution < -0.4 is 0 Å². The molecule has 1 saturated carbocycles. The number of hydrogen-bond acceptors (Lipinski definition) is 4. The molecule has 0 spiro atoms. The zero-order valence-electron chi connectivity index (χ0n) is 14.1. The summed E-state index contributed by atoms with van der Waals surface area (Å²) in [6.07, 6.45) is 5.75. The van der Waals surface area contributed by atoms with Gasteiger partial charge < -0.3 is 9.42 Å². The maximum Gasteiger partial charge on any atom is 0.253 e. The van der Waals surface area contributed by atoms with E-state index in [0.717, 1.165) is 29.9 Å². The van der Waals surface area contributed by atoms with Crippen molar-refractivity contribution in [1.29, 1.82) is 0 Å². The van der Waals surface area contributed by atoms with Gasteiger partial charge in [0.05, 0.1) is 5.92 Å². The minimum atomic E-state index is 0.0908. The third-order valence-electron chi connectivity index (χ3n) is 5.30. The molecule has 24 heavy (non-hydrogen) atoms. The summed E-state index contributed by atoms with van der Waals surface area (Å²) in [5.74, 6) is 2.30. The molecule has 1 atom stereocenters. The fraction of sp³-hybridized carbons (Fsp3) is 0.526. The van der Waals surface area contributed by atoms with Crippen LogP contribution in [0.15, 0.2) is 28.8 Å². The largest absolute Gasteiger partial charge is 0.339 e. The molecule has 5 heteroatoms. The van der Waals surface area contributed by atoms with Crippen LogP contribution in [0.1, 0.15) is 71.6 Å². The summed E-state index contributed by atoms with van der Waals surface area (Å²) in [6, 6.07) is 7.76. The highest BCUT2D eigenvalue weighted by Crippen LogP contribution is 2.34. The molecule has 5 nitrogen and oxygen atoms in total. The number of aromatic nitrogens is 2. The molecule has 0 unspecified atom stereocenters. The van der Waals surface area contributed by atoms with E-state index in [1.54, 1.807) is 0 Å². The van der Waals surface area contributed by atoms with Crippen molar-refractivity contribution in [2.45, 2.75) is 50.9 Å². The molecule has 1 amide bonds. The van der Waals surface area contributed by atoms with Gasteiger partial charge in [0.2, 0.25) is 5.89 Å². The number of likely N-dealkylation sites (tertiary alicyclic amines) is 1. The van der Waals surface area contributed by atoms with Crippen molar-refractivity contribution in [3.8, 4) is 0 Å². The molecule has 2 aliphatic rings. The van der Waals surface area contributed by atoms with Gasteiger partial charge in [-0.1, -0.05) is 35.7 Å². The molecule has 0 bridgehead atoms. The zero-order chi connectivity index (χ0) is 16.5. The number of benzene rings is 1.